The van der Waals surface area contributed by atoms with E-state index in [2.05, 4.69) is 25.9 Å². The van der Waals surface area contributed by atoms with Crippen molar-refractivity contribution in [3.8, 4) is 27.3 Å². The molecule has 8 rings (SSSR count). The molecule has 81 heavy (non-hydrogen) atoms. The molecule has 0 bridgehead atoms. The summed E-state index contributed by atoms with van der Waals surface area (Å²) in [5.74, 6) is -2.96. The molecule has 1 aliphatic carbocycles. The Kier molecular flexibility index (Phi) is 20.0. The molecule has 5 atom stereocenters. The predicted molar refractivity (Wildman–Crippen MR) is 313 cm³/mol. The smallest absolute Gasteiger partial charge is 0.246 e. The number of nitrogens with one attached hydrogen (secondary N) is 3. The molecular formula is C60H73ClFN9O9S. The van der Waals surface area contributed by atoms with Gasteiger partial charge in [0.25, 0.3) is 0 Å². The summed E-state index contributed by atoms with van der Waals surface area (Å²) in [6.45, 7) is 11.6. The number of phenols is 1. The van der Waals surface area contributed by atoms with E-state index in [0.29, 0.717) is 79.6 Å². The van der Waals surface area contributed by atoms with Gasteiger partial charge in [-0.25, -0.2) is 14.4 Å². The van der Waals surface area contributed by atoms with Crippen LogP contribution < -0.4 is 20.9 Å². The van der Waals surface area contributed by atoms with Gasteiger partial charge in [-0.3, -0.25) is 24.0 Å². The van der Waals surface area contributed by atoms with Gasteiger partial charge in [-0.05, 0) is 90.6 Å². The number of carbonyl (C=O) groups is 5. The molecule has 2 aromatic heterocycles. The Labute approximate surface area is 480 Å². The summed E-state index contributed by atoms with van der Waals surface area (Å²) >= 11 is 8.48. The van der Waals surface area contributed by atoms with E-state index in [-0.39, 0.29) is 103 Å². The molecule has 4 aromatic carbocycles. The number of carbonyl (C=O) groups excluding carboxylic acids is 5. The molecule has 3 heterocycles. The number of benzene rings is 4. The number of Topliss-reactive ketones (excluding diaryl/α,β-unsaturated/α-hetero) is 1. The Morgan fingerprint density at radius 3 is 2.31 bits per heavy atom. The number of ketones is 1. The molecule has 5 N–H and O–H groups in total. The average Bonchev–Trinajstić information content (AvgIpc) is 4.21. The van der Waals surface area contributed by atoms with Crippen LogP contribution in [0.3, 0.4) is 0 Å². The average molecular weight is 1150 g/mol. The summed E-state index contributed by atoms with van der Waals surface area (Å²) in [5.41, 5.74) is 4.50. The number of amides is 4. The number of aromatic nitrogens is 3. The number of hydrogen-bond donors (Lipinski definition) is 5. The summed E-state index contributed by atoms with van der Waals surface area (Å²) in [4.78, 5) is 86.9. The van der Waals surface area contributed by atoms with Gasteiger partial charge in [-0.15, -0.1) is 11.3 Å². The van der Waals surface area contributed by atoms with Gasteiger partial charge in [0, 0.05) is 83.1 Å². The topological polar surface area (TPSA) is 229 Å². The molecular weight excluding hydrogens is 1080 g/mol. The van der Waals surface area contributed by atoms with E-state index in [1.165, 1.54) is 11.0 Å². The van der Waals surface area contributed by atoms with E-state index in [4.69, 9.17) is 26.1 Å². The second-order valence-corrected chi connectivity index (χ2v) is 23.5. The van der Waals surface area contributed by atoms with E-state index >= 15 is 4.39 Å². The number of thiazole rings is 1. The molecule has 0 radical (unpaired) electrons. The number of hydrogen-bond acceptors (Lipinski definition) is 15. The van der Waals surface area contributed by atoms with Crippen LogP contribution in [0.1, 0.15) is 83.5 Å². The minimum Gasteiger partial charge on any atom is -0.508 e. The Balaban J connectivity index is 0.774. The highest BCUT2D eigenvalue weighted by atomic mass is 35.5. The highest BCUT2D eigenvalue weighted by Gasteiger charge is 2.47. The van der Waals surface area contributed by atoms with Crippen LogP contribution >= 0.6 is 22.9 Å². The van der Waals surface area contributed by atoms with Crippen molar-refractivity contribution in [2.75, 3.05) is 83.5 Å². The first-order valence-corrected chi connectivity index (χ1v) is 28.8. The molecule has 2 fully saturated rings. The van der Waals surface area contributed by atoms with E-state index in [1.807, 2.05) is 93.6 Å². The predicted octanol–water partition coefficient (Wildman–Crippen LogP) is 8.49. The Hall–Kier alpha value is -6.84. The molecule has 1 saturated carbocycles. The number of fused-ring (bicyclic) bond motifs is 2. The Morgan fingerprint density at radius 1 is 0.889 bits per heavy atom. The lowest BCUT2D eigenvalue weighted by Gasteiger charge is -2.36. The number of anilines is 2. The first-order valence-electron chi connectivity index (χ1n) is 27.5. The maximum Gasteiger partial charge on any atom is 0.246 e. The lowest BCUT2D eigenvalue weighted by Crippen LogP contribution is -2.53. The maximum atomic E-state index is 17.0. The number of ether oxygens (including phenoxy) is 2. The number of piperazine rings is 1. The number of aliphatic hydroxyl groups excluding tert-OH is 1. The van der Waals surface area contributed by atoms with Gasteiger partial charge in [0.05, 0.1) is 58.4 Å². The van der Waals surface area contributed by atoms with Crippen molar-refractivity contribution in [2.24, 2.45) is 17.3 Å². The zero-order chi connectivity index (χ0) is 58.1. The number of rotatable bonds is 23. The fourth-order valence-corrected chi connectivity index (χ4v) is 11.7. The van der Waals surface area contributed by atoms with Crippen molar-refractivity contribution in [1.82, 2.24) is 35.4 Å². The van der Waals surface area contributed by atoms with Gasteiger partial charge in [0.15, 0.2) is 11.6 Å². The highest BCUT2D eigenvalue weighted by molar-refractivity contribution is 7.13. The molecule has 21 heteroatoms. The van der Waals surface area contributed by atoms with Crippen molar-refractivity contribution < 1.29 is 48.0 Å². The zero-order valence-corrected chi connectivity index (χ0v) is 48.6. The first kappa shape index (κ1) is 60.3. The second kappa shape index (κ2) is 26.8. The van der Waals surface area contributed by atoms with Crippen LogP contribution in [-0.4, -0.2) is 150 Å². The van der Waals surface area contributed by atoms with Crippen molar-refractivity contribution in [2.45, 2.75) is 91.3 Å². The SMILES string of the molecule is Cc1ncsc1-c1ccc([C@H](C)NC(=O)[C@@H]2C[C@@H](O)CC2C(=O)[C@@H](NC(=O)COCCOCCCCC(=O)N2CCN(c3nc(NCCC(=O)N(C)C)nc4c(F)c(-c5cc(O)cc6ccccc56)c(Cl)cc34)CC2)C(C)(C)C)cc1. The molecule has 18 nitrogen and oxygen atoms in total. The fourth-order valence-electron chi connectivity index (χ4n) is 10.6. The van der Waals surface area contributed by atoms with Gasteiger partial charge < -0.3 is 50.3 Å². The van der Waals surface area contributed by atoms with Crippen LogP contribution in [0, 0.1) is 30.0 Å². The van der Waals surface area contributed by atoms with Crippen molar-refractivity contribution >= 4 is 85.8 Å². The lowest BCUT2D eigenvalue weighted by atomic mass is 9.77. The molecule has 1 saturated heterocycles. The van der Waals surface area contributed by atoms with Gasteiger partial charge in [-0.2, -0.15) is 4.98 Å². The van der Waals surface area contributed by atoms with Gasteiger partial charge >= 0.3 is 0 Å². The van der Waals surface area contributed by atoms with Gasteiger partial charge in [0.2, 0.25) is 29.6 Å². The summed E-state index contributed by atoms with van der Waals surface area (Å²) in [7, 11) is 3.33. The number of unbranched alkanes of at least 4 members (excludes halogenated alkanes) is 1. The van der Waals surface area contributed by atoms with Crippen LogP contribution in [0.4, 0.5) is 16.2 Å². The van der Waals surface area contributed by atoms with Crippen LogP contribution in [0.25, 0.3) is 43.2 Å². The summed E-state index contributed by atoms with van der Waals surface area (Å²) in [5, 5.41) is 32.2. The standard InChI is InChI=1S/C60H73ClFN9O9S/c1-35(37-15-17-38(18-16-37)55-36(2)64-34-81-55)65-58(78)45-31-41(73)30-44(45)54(77)56(60(3,4)5)66-48(74)33-80-27-26-79-25-11-10-14-50(76)70-21-23-71(24-22-70)57-46-32-47(61)51(43-29-40(72)28-39-12-8-9-13-42(39)43)52(62)53(46)67-59(68-57)63-20-19-49(75)69(6)7/h8-9,12-13,15-18,28-29,32,34-35,41,44-45,56,72-73H,10-11,14,19-27,30-31,33H2,1-7H3,(H,65,78)(H,66,74)(H,63,67,68)/t35-,41-,44?,45+,56+/m0/s1. The molecule has 6 aromatic rings. The normalized spacial score (nSPS) is 17.3. The van der Waals surface area contributed by atoms with Crippen LogP contribution in [0.15, 0.2) is 72.2 Å². The number of aliphatic hydroxyl groups is 1. The van der Waals surface area contributed by atoms with E-state index in [0.717, 1.165) is 21.7 Å². The minimum absolute atomic E-state index is 0.00804. The van der Waals surface area contributed by atoms with Gasteiger partial charge in [-0.1, -0.05) is 80.9 Å². The Bertz CT molecular complexity index is 3240. The van der Waals surface area contributed by atoms with E-state index in [1.54, 1.807) is 42.5 Å². The molecule has 1 unspecified atom stereocenters. The maximum absolute atomic E-state index is 17.0. The largest absolute Gasteiger partial charge is 0.508 e. The molecule has 2 aliphatic rings. The van der Waals surface area contributed by atoms with Crippen LogP contribution in [0.5, 0.6) is 5.75 Å². The van der Waals surface area contributed by atoms with Crippen molar-refractivity contribution in [3.05, 3.63) is 94.3 Å². The molecule has 4 amide bonds. The number of halogens is 2. The monoisotopic (exact) mass is 1150 g/mol. The lowest BCUT2D eigenvalue weighted by molar-refractivity contribution is -0.138. The van der Waals surface area contributed by atoms with Crippen LogP contribution in [-0.2, 0) is 33.4 Å². The first-order chi connectivity index (χ1) is 38.7. The Morgan fingerprint density at radius 2 is 1.60 bits per heavy atom. The highest BCUT2D eigenvalue weighted by Crippen LogP contribution is 2.43. The van der Waals surface area contributed by atoms with Crippen molar-refractivity contribution in [1.29, 1.82) is 0 Å². The van der Waals surface area contributed by atoms with Gasteiger partial charge in [0.1, 0.15) is 23.7 Å². The number of aryl methyl sites for hydroxylation is 1. The van der Waals surface area contributed by atoms with Crippen molar-refractivity contribution in [3.63, 3.8) is 0 Å². The molecule has 432 valence electrons. The fraction of sp³-hybridized carbons (Fsp3) is 0.467. The summed E-state index contributed by atoms with van der Waals surface area (Å²) < 4.78 is 28.4. The quantitative estimate of drug-likeness (QED) is 0.0379. The minimum atomic E-state index is -0.936. The number of aromatic hydroxyl groups is 1. The zero-order valence-electron chi connectivity index (χ0n) is 47.0. The summed E-state index contributed by atoms with van der Waals surface area (Å²) in [6, 6.07) is 18.7. The molecule has 0 spiro atoms. The number of phenolic OH excluding ortho intramolecular Hbond substituents is 1. The third-order valence-electron chi connectivity index (χ3n) is 15.0. The third-order valence-corrected chi connectivity index (χ3v) is 16.3. The second-order valence-electron chi connectivity index (χ2n) is 22.2. The van der Waals surface area contributed by atoms with Crippen LogP contribution in [0.2, 0.25) is 5.02 Å². The third kappa shape index (κ3) is 14.8. The number of nitrogens with zero attached hydrogens (tertiary/aromatic N) is 6. The molecule has 1 aliphatic heterocycles. The summed E-state index contributed by atoms with van der Waals surface area (Å²) in [6.07, 6.45) is 1.10. The van der Waals surface area contributed by atoms with E-state index < -0.39 is 41.1 Å². The van der Waals surface area contributed by atoms with E-state index in [9.17, 15) is 34.2 Å².